The number of morpholine rings is 1. The number of carbonyl (C=O) groups excluding carboxylic acids is 1. The maximum atomic E-state index is 14.3. The number of ether oxygens (including phenoxy) is 1. The number of halogens is 1. The minimum absolute atomic E-state index is 0.167. The molecule has 1 aliphatic heterocycles. The van der Waals surface area contributed by atoms with Crippen LogP contribution >= 0.6 is 0 Å². The van der Waals surface area contributed by atoms with Crippen molar-refractivity contribution in [2.45, 2.75) is 13.8 Å². The van der Waals surface area contributed by atoms with E-state index in [0.717, 1.165) is 0 Å². The number of benzene rings is 1. The fraction of sp³-hybridized carbons (Fsp3) is 0.400. The quantitative estimate of drug-likeness (QED) is 0.793. The van der Waals surface area contributed by atoms with Gasteiger partial charge in [-0.15, -0.1) is 0 Å². The first-order valence-corrected chi connectivity index (χ1v) is 6.88. The fourth-order valence-corrected chi connectivity index (χ4v) is 2.53. The molecule has 0 amide bonds. The molecule has 1 aliphatic rings. The van der Waals surface area contributed by atoms with E-state index in [-0.39, 0.29) is 11.6 Å². The second kappa shape index (κ2) is 5.37. The van der Waals surface area contributed by atoms with Gasteiger partial charge in [-0.25, -0.2) is 14.4 Å². The number of aryl methyl sites for hydroxylation is 1. The number of aromatic nitrogens is 2. The molecule has 0 N–H and O–H groups in total. The normalized spacial score (nSPS) is 15.5. The lowest BCUT2D eigenvalue weighted by molar-refractivity contribution is 0.101. The monoisotopic (exact) mass is 289 g/mol. The van der Waals surface area contributed by atoms with Crippen molar-refractivity contribution in [2.24, 2.45) is 0 Å². The van der Waals surface area contributed by atoms with Crippen LogP contribution in [0.15, 0.2) is 12.1 Å². The average molecular weight is 289 g/mol. The zero-order valence-corrected chi connectivity index (χ0v) is 12.0. The second-order valence-corrected chi connectivity index (χ2v) is 5.11. The van der Waals surface area contributed by atoms with Crippen molar-refractivity contribution in [1.29, 1.82) is 0 Å². The molecule has 2 aromatic rings. The lowest BCUT2D eigenvalue weighted by Crippen LogP contribution is -2.36. The van der Waals surface area contributed by atoms with Gasteiger partial charge < -0.3 is 9.64 Å². The highest BCUT2D eigenvalue weighted by Gasteiger charge is 2.18. The van der Waals surface area contributed by atoms with Gasteiger partial charge in [0.15, 0.2) is 5.78 Å². The molecule has 0 bridgehead atoms. The molecule has 1 fully saturated rings. The minimum Gasteiger partial charge on any atom is -0.378 e. The van der Waals surface area contributed by atoms with E-state index in [1.165, 1.54) is 13.0 Å². The Kier molecular flexibility index (Phi) is 3.55. The summed E-state index contributed by atoms with van der Waals surface area (Å²) in [6.45, 7) is 5.65. The van der Waals surface area contributed by atoms with Crippen molar-refractivity contribution in [3.05, 3.63) is 29.3 Å². The molecular weight excluding hydrogens is 273 g/mol. The molecule has 1 aromatic heterocycles. The molecule has 0 spiro atoms. The predicted octanol–water partition coefficient (Wildman–Crippen LogP) is 2.12. The molecule has 0 atom stereocenters. The number of fused-ring (bicyclic) bond motifs is 1. The summed E-state index contributed by atoms with van der Waals surface area (Å²) in [6, 6.07) is 3.04. The maximum absolute atomic E-state index is 14.3. The van der Waals surface area contributed by atoms with Crippen molar-refractivity contribution >= 4 is 22.5 Å². The number of rotatable bonds is 2. The van der Waals surface area contributed by atoms with Gasteiger partial charge in [-0.1, -0.05) is 0 Å². The number of hydrogen-bond acceptors (Lipinski definition) is 5. The molecule has 5 nitrogen and oxygen atoms in total. The van der Waals surface area contributed by atoms with Crippen LogP contribution in [0, 0.1) is 12.7 Å². The Balaban J connectivity index is 2.10. The summed E-state index contributed by atoms with van der Waals surface area (Å²) in [5, 5.41) is 0. The fourth-order valence-electron chi connectivity index (χ4n) is 2.53. The third kappa shape index (κ3) is 2.58. The van der Waals surface area contributed by atoms with E-state index < -0.39 is 0 Å². The van der Waals surface area contributed by atoms with Crippen LogP contribution in [0.3, 0.4) is 0 Å². The summed E-state index contributed by atoms with van der Waals surface area (Å²) >= 11 is 0. The highest BCUT2D eigenvalue weighted by molar-refractivity contribution is 5.95. The van der Waals surface area contributed by atoms with Crippen LogP contribution in [-0.2, 0) is 4.74 Å². The van der Waals surface area contributed by atoms with Crippen molar-refractivity contribution in [3.8, 4) is 0 Å². The molecule has 0 unspecified atom stereocenters. The standard InChI is InChI=1S/C15H16FN3O2/c1-9-15(10(2)20)18-12-7-11(16)14(8-13(12)17-9)19-3-5-21-6-4-19/h7-8H,3-6H2,1-2H3. The number of nitrogens with zero attached hydrogens (tertiary/aromatic N) is 3. The van der Waals surface area contributed by atoms with E-state index in [0.29, 0.717) is 54.4 Å². The first kappa shape index (κ1) is 13.9. The Morgan fingerprint density at radius 1 is 1.24 bits per heavy atom. The van der Waals surface area contributed by atoms with Gasteiger partial charge >= 0.3 is 0 Å². The van der Waals surface area contributed by atoms with E-state index in [1.807, 2.05) is 4.90 Å². The zero-order chi connectivity index (χ0) is 15.0. The summed E-state index contributed by atoms with van der Waals surface area (Å²) in [6.07, 6.45) is 0. The van der Waals surface area contributed by atoms with Gasteiger partial charge in [0, 0.05) is 26.1 Å². The molecule has 6 heteroatoms. The summed E-state index contributed by atoms with van der Waals surface area (Å²) in [5.74, 6) is -0.517. The SMILES string of the molecule is CC(=O)c1nc2cc(F)c(N3CCOCC3)cc2nc1C. The first-order chi connectivity index (χ1) is 10.1. The number of anilines is 1. The lowest BCUT2D eigenvalue weighted by Gasteiger charge is -2.29. The van der Waals surface area contributed by atoms with Gasteiger partial charge in [0.1, 0.15) is 11.5 Å². The summed E-state index contributed by atoms with van der Waals surface area (Å²) in [5.41, 5.74) is 2.37. The van der Waals surface area contributed by atoms with Crippen molar-refractivity contribution in [1.82, 2.24) is 9.97 Å². The van der Waals surface area contributed by atoms with E-state index in [2.05, 4.69) is 9.97 Å². The third-order valence-electron chi connectivity index (χ3n) is 3.59. The Hall–Kier alpha value is -2.08. The van der Waals surface area contributed by atoms with Crippen LogP contribution < -0.4 is 4.90 Å². The van der Waals surface area contributed by atoms with Crippen molar-refractivity contribution in [3.63, 3.8) is 0 Å². The van der Waals surface area contributed by atoms with E-state index in [9.17, 15) is 9.18 Å². The Morgan fingerprint density at radius 2 is 1.90 bits per heavy atom. The first-order valence-electron chi connectivity index (χ1n) is 6.88. The second-order valence-electron chi connectivity index (χ2n) is 5.11. The van der Waals surface area contributed by atoms with Crippen LogP contribution in [0.4, 0.5) is 10.1 Å². The number of Topliss-reactive ketones (excluding diaryl/α,β-unsaturated/α-hetero) is 1. The largest absolute Gasteiger partial charge is 0.378 e. The average Bonchev–Trinajstić information content (AvgIpc) is 2.47. The van der Waals surface area contributed by atoms with Crippen molar-refractivity contribution in [2.75, 3.05) is 31.2 Å². The molecular formula is C15H16FN3O2. The lowest BCUT2D eigenvalue weighted by atomic mass is 10.2. The summed E-state index contributed by atoms with van der Waals surface area (Å²) in [7, 11) is 0. The summed E-state index contributed by atoms with van der Waals surface area (Å²) in [4.78, 5) is 22.0. The number of carbonyl (C=O) groups is 1. The maximum Gasteiger partial charge on any atom is 0.179 e. The van der Waals surface area contributed by atoms with Gasteiger partial charge in [-0.3, -0.25) is 4.79 Å². The smallest absolute Gasteiger partial charge is 0.179 e. The molecule has 0 aliphatic carbocycles. The number of hydrogen-bond donors (Lipinski definition) is 0. The van der Waals surface area contributed by atoms with E-state index in [1.54, 1.807) is 13.0 Å². The highest BCUT2D eigenvalue weighted by Crippen LogP contribution is 2.25. The van der Waals surface area contributed by atoms with E-state index in [4.69, 9.17) is 4.74 Å². The molecule has 0 radical (unpaired) electrons. The van der Waals surface area contributed by atoms with Crippen LogP contribution in [0.25, 0.3) is 11.0 Å². The van der Waals surface area contributed by atoms with Crippen LogP contribution in [-0.4, -0.2) is 42.1 Å². The Labute approximate surface area is 121 Å². The van der Waals surface area contributed by atoms with Gasteiger partial charge in [0.25, 0.3) is 0 Å². The van der Waals surface area contributed by atoms with Crippen LogP contribution in [0.1, 0.15) is 23.1 Å². The van der Waals surface area contributed by atoms with Crippen LogP contribution in [0.5, 0.6) is 0 Å². The number of ketones is 1. The molecule has 3 rings (SSSR count). The highest BCUT2D eigenvalue weighted by atomic mass is 19.1. The topological polar surface area (TPSA) is 55.3 Å². The van der Waals surface area contributed by atoms with Gasteiger partial charge in [-0.05, 0) is 13.0 Å². The summed E-state index contributed by atoms with van der Waals surface area (Å²) < 4.78 is 19.6. The van der Waals surface area contributed by atoms with Crippen LogP contribution in [0.2, 0.25) is 0 Å². The zero-order valence-electron chi connectivity index (χ0n) is 12.0. The van der Waals surface area contributed by atoms with Gasteiger partial charge in [0.05, 0.1) is 35.6 Å². The predicted molar refractivity (Wildman–Crippen MR) is 77.3 cm³/mol. The third-order valence-corrected chi connectivity index (χ3v) is 3.59. The van der Waals surface area contributed by atoms with E-state index >= 15 is 0 Å². The molecule has 110 valence electrons. The Morgan fingerprint density at radius 3 is 2.57 bits per heavy atom. The Bertz CT molecular complexity index is 712. The molecule has 2 heterocycles. The molecule has 0 saturated carbocycles. The van der Waals surface area contributed by atoms with Crippen molar-refractivity contribution < 1.29 is 13.9 Å². The van der Waals surface area contributed by atoms with Gasteiger partial charge in [0.2, 0.25) is 0 Å². The molecule has 21 heavy (non-hydrogen) atoms. The minimum atomic E-state index is -0.350. The van der Waals surface area contributed by atoms with Gasteiger partial charge in [-0.2, -0.15) is 0 Å². The molecule has 1 saturated heterocycles. The molecule has 1 aromatic carbocycles.